The van der Waals surface area contributed by atoms with Gasteiger partial charge in [0, 0.05) is 11.9 Å². The monoisotopic (exact) mass is 259 g/mol. The second kappa shape index (κ2) is 5.26. The van der Waals surface area contributed by atoms with Crippen molar-refractivity contribution in [3.05, 3.63) is 59.7 Å². The van der Waals surface area contributed by atoms with Crippen LogP contribution in [0, 0.1) is 5.82 Å². The molecule has 5 nitrogen and oxygen atoms in total. The van der Waals surface area contributed by atoms with E-state index < -0.39 is 11.8 Å². The van der Waals surface area contributed by atoms with Crippen LogP contribution < -0.4 is 11.1 Å². The van der Waals surface area contributed by atoms with Gasteiger partial charge in [0.05, 0.1) is 5.56 Å². The number of halogens is 1. The number of hydrogen-bond donors (Lipinski definition) is 2. The van der Waals surface area contributed by atoms with Gasteiger partial charge >= 0.3 is 0 Å². The van der Waals surface area contributed by atoms with E-state index in [4.69, 9.17) is 5.73 Å². The van der Waals surface area contributed by atoms with Gasteiger partial charge in [-0.1, -0.05) is 0 Å². The molecular formula is C13H10FN3O2. The van der Waals surface area contributed by atoms with Crippen LogP contribution in [0.3, 0.4) is 0 Å². The van der Waals surface area contributed by atoms with Gasteiger partial charge in [-0.3, -0.25) is 14.6 Å². The third-order valence-electron chi connectivity index (χ3n) is 2.38. The molecule has 2 amide bonds. The summed E-state index contributed by atoms with van der Waals surface area (Å²) in [7, 11) is 0. The van der Waals surface area contributed by atoms with E-state index in [9.17, 15) is 14.0 Å². The van der Waals surface area contributed by atoms with Crippen LogP contribution in [0.25, 0.3) is 0 Å². The van der Waals surface area contributed by atoms with Gasteiger partial charge in [-0.15, -0.1) is 0 Å². The third-order valence-corrected chi connectivity index (χ3v) is 2.38. The van der Waals surface area contributed by atoms with Gasteiger partial charge in [0.2, 0.25) is 0 Å². The number of benzene rings is 1. The number of amides is 2. The van der Waals surface area contributed by atoms with Gasteiger partial charge in [-0.25, -0.2) is 4.39 Å². The van der Waals surface area contributed by atoms with E-state index in [1.54, 1.807) is 0 Å². The summed E-state index contributed by atoms with van der Waals surface area (Å²) in [6.45, 7) is 0. The zero-order valence-electron chi connectivity index (χ0n) is 9.76. The summed E-state index contributed by atoms with van der Waals surface area (Å²) in [6.07, 6.45) is 1.25. The first kappa shape index (κ1) is 12.7. The molecule has 19 heavy (non-hydrogen) atoms. The molecule has 96 valence electrons. The average molecular weight is 259 g/mol. The highest BCUT2D eigenvalue weighted by atomic mass is 19.1. The number of pyridine rings is 1. The van der Waals surface area contributed by atoms with E-state index in [0.717, 1.165) is 0 Å². The van der Waals surface area contributed by atoms with Gasteiger partial charge < -0.3 is 11.1 Å². The summed E-state index contributed by atoms with van der Waals surface area (Å²) >= 11 is 0. The molecule has 0 atom stereocenters. The number of nitrogens with one attached hydrogen (secondary N) is 1. The van der Waals surface area contributed by atoms with E-state index in [1.165, 1.54) is 42.6 Å². The molecule has 0 spiro atoms. The fourth-order valence-corrected chi connectivity index (χ4v) is 1.41. The molecule has 0 aliphatic carbocycles. The molecule has 1 heterocycles. The maximum absolute atomic E-state index is 12.7. The highest BCUT2D eigenvalue weighted by molar-refractivity contribution is 6.04. The number of hydrogen-bond acceptors (Lipinski definition) is 3. The number of primary amides is 1. The summed E-state index contributed by atoms with van der Waals surface area (Å²) in [4.78, 5) is 26.4. The van der Waals surface area contributed by atoms with Crippen LogP contribution in [-0.2, 0) is 0 Å². The van der Waals surface area contributed by atoms with Crippen LogP contribution >= 0.6 is 0 Å². The lowest BCUT2D eigenvalue weighted by molar-refractivity contribution is 0.0990. The second-order valence-electron chi connectivity index (χ2n) is 3.76. The number of anilines is 1. The first-order valence-corrected chi connectivity index (χ1v) is 5.39. The van der Waals surface area contributed by atoms with Crippen molar-refractivity contribution in [3.63, 3.8) is 0 Å². The zero-order chi connectivity index (χ0) is 13.8. The number of nitrogens with two attached hydrogens (primary N) is 1. The zero-order valence-corrected chi connectivity index (χ0v) is 9.76. The van der Waals surface area contributed by atoms with E-state index in [1.807, 2.05) is 0 Å². The second-order valence-corrected chi connectivity index (χ2v) is 3.76. The minimum absolute atomic E-state index is 0.0818. The van der Waals surface area contributed by atoms with Crippen LogP contribution in [0.1, 0.15) is 20.8 Å². The number of carbonyl (C=O) groups excluding carboxylic acids is 2. The molecule has 1 aromatic carbocycles. The number of rotatable bonds is 3. The van der Waals surface area contributed by atoms with Crippen molar-refractivity contribution in [2.24, 2.45) is 5.73 Å². The lowest BCUT2D eigenvalue weighted by Crippen LogP contribution is -2.15. The Morgan fingerprint density at radius 3 is 2.32 bits per heavy atom. The third kappa shape index (κ3) is 3.12. The smallest absolute Gasteiger partial charge is 0.267 e. The van der Waals surface area contributed by atoms with Crippen molar-refractivity contribution in [2.45, 2.75) is 0 Å². The minimum Gasteiger partial charge on any atom is -0.364 e. The summed E-state index contributed by atoms with van der Waals surface area (Å²) in [5, 5.41) is 2.57. The Balaban J connectivity index is 2.11. The topological polar surface area (TPSA) is 85.1 Å². The van der Waals surface area contributed by atoms with Crippen molar-refractivity contribution >= 4 is 17.5 Å². The van der Waals surface area contributed by atoms with Crippen LogP contribution in [0.5, 0.6) is 0 Å². The molecule has 0 bridgehead atoms. The minimum atomic E-state index is -0.662. The Morgan fingerprint density at radius 1 is 1.11 bits per heavy atom. The Morgan fingerprint density at radius 2 is 1.79 bits per heavy atom. The van der Waals surface area contributed by atoms with Gasteiger partial charge in [0.15, 0.2) is 0 Å². The van der Waals surface area contributed by atoms with Crippen LogP contribution in [0.15, 0.2) is 42.6 Å². The molecule has 0 saturated carbocycles. The van der Waals surface area contributed by atoms with Gasteiger partial charge in [0.1, 0.15) is 11.5 Å². The van der Waals surface area contributed by atoms with E-state index in [2.05, 4.69) is 10.3 Å². The van der Waals surface area contributed by atoms with Crippen LogP contribution in [-0.4, -0.2) is 16.8 Å². The quantitative estimate of drug-likeness (QED) is 0.877. The molecule has 0 aliphatic rings. The molecule has 0 fully saturated rings. The highest BCUT2D eigenvalue weighted by Crippen LogP contribution is 2.10. The Kier molecular flexibility index (Phi) is 3.51. The molecule has 2 aromatic rings. The molecule has 0 saturated heterocycles. The summed E-state index contributed by atoms with van der Waals surface area (Å²) in [5.74, 6) is -1.45. The largest absolute Gasteiger partial charge is 0.364 e. The summed E-state index contributed by atoms with van der Waals surface area (Å²) < 4.78 is 12.7. The van der Waals surface area contributed by atoms with Gasteiger partial charge in [-0.2, -0.15) is 0 Å². The van der Waals surface area contributed by atoms with Crippen molar-refractivity contribution in [3.8, 4) is 0 Å². The first-order valence-electron chi connectivity index (χ1n) is 5.39. The van der Waals surface area contributed by atoms with Crippen LogP contribution in [0.2, 0.25) is 0 Å². The molecule has 0 unspecified atom stereocenters. The fourth-order valence-electron chi connectivity index (χ4n) is 1.41. The molecule has 1 aromatic heterocycles. The Bertz CT molecular complexity index is 609. The molecule has 2 rings (SSSR count). The standard InChI is InChI=1S/C13H10FN3O2/c14-9-2-4-10(5-3-9)17-13(19)8-1-6-11(12(15)18)16-7-8/h1-7H,(H2,15,18)(H,17,19). The van der Waals surface area contributed by atoms with Gasteiger partial charge in [0.25, 0.3) is 11.8 Å². The molecule has 0 radical (unpaired) electrons. The number of carbonyl (C=O) groups is 2. The lowest BCUT2D eigenvalue weighted by atomic mass is 10.2. The molecule has 0 aliphatic heterocycles. The van der Waals surface area contributed by atoms with E-state index in [0.29, 0.717) is 5.69 Å². The molecular weight excluding hydrogens is 249 g/mol. The summed E-state index contributed by atoms with van der Waals surface area (Å²) in [6, 6.07) is 8.17. The average Bonchev–Trinajstić information content (AvgIpc) is 2.41. The predicted octanol–water partition coefficient (Wildman–Crippen LogP) is 1.57. The van der Waals surface area contributed by atoms with Crippen LogP contribution in [0.4, 0.5) is 10.1 Å². The van der Waals surface area contributed by atoms with Crippen molar-refractivity contribution < 1.29 is 14.0 Å². The SMILES string of the molecule is NC(=O)c1ccc(C(=O)Nc2ccc(F)cc2)cn1. The Labute approximate surface area is 108 Å². The van der Waals surface area contributed by atoms with Gasteiger partial charge in [-0.05, 0) is 36.4 Å². The normalized spacial score (nSPS) is 9.95. The molecule has 3 N–H and O–H groups in total. The number of aromatic nitrogens is 1. The van der Waals surface area contributed by atoms with Crippen molar-refractivity contribution in [1.82, 2.24) is 4.98 Å². The summed E-state index contributed by atoms with van der Waals surface area (Å²) in [5.41, 5.74) is 5.86. The maximum Gasteiger partial charge on any atom is 0.267 e. The van der Waals surface area contributed by atoms with Crippen molar-refractivity contribution in [1.29, 1.82) is 0 Å². The lowest BCUT2D eigenvalue weighted by Gasteiger charge is -2.05. The fraction of sp³-hybridized carbons (Fsp3) is 0. The van der Waals surface area contributed by atoms with E-state index >= 15 is 0 Å². The predicted molar refractivity (Wildman–Crippen MR) is 67.1 cm³/mol. The number of nitrogens with zero attached hydrogens (tertiary/aromatic N) is 1. The first-order chi connectivity index (χ1) is 9.06. The highest BCUT2D eigenvalue weighted by Gasteiger charge is 2.08. The maximum atomic E-state index is 12.7. The Hall–Kier alpha value is -2.76. The van der Waals surface area contributed by atoms with E-state index in [-0.39, 0.29) is 17.1 Å². The molecule has 6 heteroatoms. The van der Waals surface area contributed by atoms with Crippen molar-refractivity contribution in [2.75, 3.05) is 5.32 Å².